The van der Waals surface area contributed by atoms with E-state index in [0.29, 0.717) is 5.92 Å². The van der Waals surface area contributed by atoms with Gasteiger partial charge in [-0.15, -0.1) is 0 Å². The highest BCUT2D eigenvalue weighted by atomic mass is 79.9. The highest BCUT2D eigenvalue weighted by Gasteiger charge is 2.25. The van der Waals surface area contributed by atoms with Gasteiger partial charge in [0.25, 0.3) is 0 Å². The number of nitrogens with zero attached hydrogens (tertiary/aromatic N) is 1. The molecule has 3 nitrogen and oxygen atoms in total. The van der Waals surface area contributed by atoms with Crippen LogP contribution in [-0.2, 0) is 4.74 Å². The van der Waals surface area contributed by atoms with Crippen molar-refractivity contribution >= 4 is 38.0 Å². The molecule has 0 aliphatic rings. The molecule has 1 aromatic heterocycles. The highest BCUT2D eigenvalue weighted by molar-refractivity contribution is 9.11. The number of carbonyl (C=O) groups is 1. The van der Waals surface area contributed by atoms with Crippen LogP contribution in [0.3, 0.4) is 0 Å². The molecule has 0 amide bonds. The number of unbranched alkanes of at least 4 members (excludes halogenated alkanes) is 1. The first-order valence-corrected chi connectivity index (χ1v) is 9.09. The van der Waals surface area contributed by atoms with Crippen LogP contribution < -0.4 is 0 Å². The molecular weight excluding hydrogens is 398 g/mol. The lowest BCUT2D eigenvalue weighted by Crippen LogP contribution is -2.27. The Balaban J connectivity index is 3.06. The molecule has 1 atom stereocenters. The van der Waals surface area contributed by atoms with Crippen molar-refractivity contribution in [1.82, 2.24) is 4.57 Å². The summed E-state index contributed by atoms with van der Waals surface area (Å²) in [5.41, 5.74) is 0.663. The van der Waals surface area contributed by atoms with Gasteiger partial charge in [-0.05, 0) is 83.0 Å². The van der Waals surface area contributed by atoms with Gasteiger partial charge in [0.15, 0.2) is 0 Å². The zero-order chi connectivity index (χ0) is 16.2. The molecule has 120 valence electrons. The third kappa shape index (κ3) is 5.13. The Morgan fingerprint density at radius 3 is 2.43 bits per heavy atom. The fourth-order valence-electron chi connectivity index (χ4n) is 2.27. The molecule has 1 heterocycles. The van der Waals surface area contributed by atoms with Gasteiger partial charge >= 0.3 is 6.09 Å². The highest BCUT2D eigenvalue weighted by Crippen LogP contribution is 2.36. The molecule has 0 saturated heterocycles. The number of halogens is 2. The average molecular weight is 423 g/mol. The van der Waals surface area contributed by atoms with Crippen LogP contribution in [-0.4, -0.2) is 16.3 Å². The third-order valence-electron chi connectivity index (χ3n) is 3.34. The first kappa shape index (κ1) is 18.8. The van der Waals surface area contributed by atoms with E-state index < -0.39 is 5.60 Å². The van der Waals surface area contributed by atoms with Gasteiger partial charge in [-0.25, -0.2) is 9.36 Å². The largest absolute Gasteiger partial charge is 0.443 e. The summed E-state index contributed by atoms with van der Waals surface area (Å²) in [5, 5.41) is 0. The van der Waals surface area contributed by atoms with Crippen LogP contribution in [0.5, 0.6) is 0 Å². The Hall–Kier alpha value is -0.290. The summed E-state index contributed by atoms with van der Waals surface area (Å²) < 4.78 is 8.54. The molecule has 1 rings (SSSR count). The van der Waals surface area contributed by atoms with Crippen LogP contribution in [0.25, 0.3) is 0 Å². The van der Waals surface area contributed by atoms with E-state index in [1.165, 1.54) is 18.4 Å². The molecule has 0 spiro atoms. The Kier molecular flexibility index (Phi) is 6.98. The minimum Gasteiger partial charge on any atom is -0.443 e. The molecule has 21 heavy (non-hydrogen) atoms. The lowest BCUT2D eigenvalue weighted by Gasteiger charge is -2.20. The van der Waals surface area contributed by atoms with Crippen LogP contribution in [0.15, 0.2) is 15.3 Å². The van der Waals surface area contributed by atoms with Gasteiger partial charge in [-0.1, -0.05) is 26.7 Å². The minimum absolute atomic E-state index is 0.363. The van der Waals surface area contributed by atoms with Crippen molar-refractivity contribution in [2.75, 3.05) is 0 Å². The van der Waals surface area contributed by atoms with E-state index >= 15 is 0 Å². The fourth-order valence-corrected chi connectivity index (χ4v) is 3.85. The minimum atomic E-state index is -0.507. The molecule has 0 saturated carbocycles. The average Bonchev–Trinajstić information content (AvgIpc) is 2.64. The molecule has 0 aliphatic heterocycles. The third-order valence-corrected chi connectivity index (χ3v) is 4.73. The maximum absolute atomic E-state index is 12.3. The zero-order valence-electron chi connectivity index (χ0n) is 13.5. The quantitative estimate of drug-likeness (QED) is 0.543. The van der Waals surface area contributed by atoms with E-state index in [9.17, 15) is 4.79 Å². The van der Waals surface area contributed by atoms with E-state index in [2.05, 4.69) is 45.7 Å². The van der Waals surface area contributed by atoms with Crippen LogP contribution in [0, 0.1) is 0 Å². The molecular formula is C16H25Br2NO2. The maximum atomic E-state index is 12.3. The number of hydrogen-bond acceptors (Lipinski definition) is 2. The predicted molar refractivity (Wildman–Crippen MR) is 94.0 cm³/mol. The number of ether oxygens (including phenoxy) is 1. The summed E-state index contributed by atoms with van der Waals surface area (Å²) in [6.45, 7) is 9.99. The summed E-state index contributed by atoms with van der Waals surface area (Å²) >= 11 is 7.05. The van der Waals surface area contributed by atoms with Crippen molar-refractivity contribution in [2.24, 2.45) is 0 Å². The molecule has 0 radical (unpaired) electrons. The van der Waals surface area contributed by atoms with Gasteiger partial charge in [-0.3, -0.25) is 0 Å². The van der Waals surface area contributed by atoms with E-state index in [0.717, 1.165) is 22.0 Å². The van der Waals surface area contributed by atoms with Crippen LogP contribution in [0.2, 0.25) is 0 Å². The van der Waals surface area contributed by atoms with Crippen LogP contribution in [0.1, 0.15) is 71.8 Å². The Bertz CT molecular complexity index is 489. The second-order valence-electron chi connectivity index (χ2n) is 6.28. The molecule has 1 aromatic rings. The Morgan fingerprint density at radius 1 is 1.33 bits per heavy atom. The van der Waals surface area contributed by atoms with Crippen molar-refractivity contribution in [3.63, 3.8) is 0 Å². The maximum Gasteiger partial charge on any atom is 0.420 e. The fraction of sp³-hybridized carbons (Fsp3) is 0.688. The summed E-state index contributed by atoms with van der Waals surface area (Å²) in [6.07, 6.45) is 4.21. The first-order chi connectivity index (χ1) is 9.71. The van der Waals surface area contributed by atoms with Crippen LogP contribution >= 0.6 is 31.9 Å². The molecule has 0 aromatic carbocycles. The lowest BCUT2D eigenvalue weighted by atomic mass is 9.93. The smallest absolute Gasteiger partial charge is 0.420 e. The Labute approximate surface area is 144 Å². The molecule has 1 unspecified atom stereocenters. The van der Waals surface area contributed by atoms with Crippen molar-refractivity contribution in [2.45, 2.75) is 71.8 Å². The summed E-state index contributed by atoms with van der Waals surface area (Å²) in [5.74, 6) is 0.458. The summed E-state index contributed by atoms with van der Waals surface area (Å²) in [4.78, 5) is 12.3. The lowest BCUT2D eigenvalue weighted by molar-refractivity contribution is 0.0530. The summed E-state index contributed by atoms with van der Waals surface area (Å²) in [6, 6.07) is 2.03. The predicted octanol–water partition coefficient (Wildman–Crippen LogP) is 6.48. The van der Waals surface area contributed by atoms with Crippen molar-refractivity contribution in [3.8, 4) is 0 Å². The van der Waals surface area contributed by atoms with Gasteiger partial charge in [-0.2, -0.15) is 0 Å². The Morgan fingerprint density at radius 2 is 1.95 bits per heavy atom. The second kappa shape index (κ2) is 7.82. The van der Waals surface area contributed by atoms with Crippen molar-refractivity contribution in [3.05, 3.63) is 20.8 Å². The molecule has 0 aliphatic carbocycles. The monoisotopic (exact) mass is 421 g/mol. The van der Waals surface area contributed by atoms with E-state index in [1.54, 1.807) is 4.57 Å². The van der Waals surface area contributed by atoms with Crippen molar-refractivity contribution < 1.29 is 9.53 Å². The molecule has 0 N–H and O–H groups in total. The number of carbonyl (C=O) groups excluding carboxylic acids is 1. The normalized spacial score (nSPS) is 13.3. The molecule has 0 fully saturated rings. The topological polar surface area (TPSA) is 31.2 Å². The number of hydrogen-bond donors (Lipinski definition) is 0. The van der Waals surface area contributed by atoms with E-state index in [4.69, 9.17) is 4.74 Å². The van der Waals surface area contributed by atoms with Crippen LogP contribution in [0.4, 0.5) is 4.79 Å². The number of rotatable bonds is 5. The van der Waals surface area contributed by atoms with E-state index in [1.807, 2.05) is 26.8 Å². The summed E-state index contributed by atoms with van der Waals surface area (Å²) in [7, 11) is 0. The standard InChI is InChI=1S/C16H25Br2NO2/c1-6-8-9-11(7-2)12-10-13(17)19(14(12)18)15(20)21-16(3,4)5/h10-11H,6-9H2,1-5H3. The van der Waals surface area contributed by atoms with Gasteiger partial charge in [0.1, 0.15) is 5.60 Å². The number of aromatic nitrogens is 1. The second-order valence-corrected chi connectivity index (χ2v) is 7.84. The van der Waals surface area contributed by atoms with E-state index in [-0.39, 0.29) is 6.09 Å². The van der Waals surface area contributed by atoms with Gasteiger partial charge in [0.05, 0.1) is 9.21 Å². The van der Waals surface area contributed by atoms with Gasteiger partial charge in [0, 0.05) is 0 Å². The first-order valence-electron chi connectivity index (χ1n) is 7.51. The molecule has 5 heteroatoms. The molecule has 0 bridgehead atoms. The van der Waals surface area contributed by atoms with Gasteiger partial charge in [0.2, 0.25) is 0 Å². The zero-order valence-corrected chi connectivity index (χ0v) is 16.7. The SMILES string of the molecule is CCCCC(CC)c1cc(Br)n(C(=O)OC(C)(C)C)c1Br. The van der Waals surface area contributed by atoms with Gasteiger partial charge < -0.3 is 4.74 Å². The van der Waals surface area contributed by atoms with Crippen molar-refractivity contribution in [1.29, 1.82) is 0 Å².